The number of anilines is 1. The highest BCUT2D eigenvalue weighted by atomic mass is 35.5. The van der Waals surface area contributed by atoms with Crippen molar-refractivity contribution in [2.75, 3.05) is 18.5 Å². The Balaban J connectivity index is 0.00000169. The van der Waals surface area contributed by atoms with E-state index in [0.29, 0.717) is 11.5 Å². The smallest absolute Gasteiger partial charge is 0.323 e. The van der Waals surface area contributed by atoms with Gasteiger partial charge in [-0.1, -0.05) is 5.16 Å². The highest BCUT2D eigenvalue weighted by Gasteiger charge is 2.15. The van der Waals surface area contributed by atoms with Gasteiger partial charge in [0.15, 0.2) is 5.76 Å². The fourth-order valence-electron chi connectivity index (χ4n) is 1.31. The van der Waals surface area contributed by atoms with E-state index in [1.165, 1.54) is 0 Å². The molecule has 0 aromatic carbocycles. The van der Waals surface area contributed by atoms with Crippen LogP contribution >= 0.6 is 12.4 Å². The highest BCUT2D eigenvalue weighted by Crippen LogP contribution is 2.22. The molecule has 1 aromatic rings. The second-order valence-electron chi connectivity index (χ2n) is 2.92. The summed E-state index contributed by atoms with van der Waals surface area (Å²) in [6.07, 6.45) is 0. The molecule has 0 unspecified atom stereocenters. The number of rotatable bonds is 3. The van der Waals surface area contributed by atoms with E-state index in [-0.39, 0.29) is 19.0 Å². The van der Waals surface area contributed by atoms with Crippen molar-refractivity contribution in [3.63, 3.8) is 0 Å². The van der Waals surface area contributed by atoms with Gasteiger partial charge in [-0.3, -0.25) is 4.79 Å². The molecular weight excluding hydrogens is 208 g/mol. The van der Waals surface area contributed by atoms with E-state index in [1.807, 2.05) is 0 Å². The summed E-state index contributed by atoms with van der Waals surface area (Å²) in [5.41, 5.74) is 1.46. The molecular formula is C8H13ClN2O3. The van der Waals surface area contributed by atoms with E-state index >= 15 is 0 Å². The van der Waals surface area contributed by atoms with Crippen LogP contribution in [-0.2, 0) is 4.79 Å². The van der Waals surface area contributed by atoms with Crippen LogP contribution in [-0.4, -0.2) is 29.8 Å². The molecule has 1 rings (SSSR count). The molecule has 0 radical (unpaired) electrons. The molecule has 5 nitrogen and oxygen atoms in total. The zero-order chi connectivity index (χ0) is 10.0. The van der Waals surface area contributed by atoms with E-state index < -0.39 is 5.97 Å². The summed E-state index contributed by atoms with van der Waals surface area (Å²) in [5.74, 6) is -0.233. The lowest BCUT2D eigenvalue weighted by atomic mass is 10.3. The average molecular weight is 221 g/mol. The number of aryl methyl sites for hydroxylation is 2. The SMILES string of the molecule is Cc1noc(C)c1N(C)CC(=O)O.Cl. The lowest BCUT2D eigenvalue weighted by Gasteiger charge is -2.15. The van der Waals surface area contributed by atoms with Crippen LogP contribution in [0.25, 0.3) is 0 Å². The van der Waals surface area contributed by atoms with Crippen LogP contribution in [0.1, 0.15) is 11.5 Å². The van der Waals surface area contributed by atoms with Crippen LogP contribution in [0.15, 0.2) is 4.52 Å². The minimum atomic E-state index is -0.873. The summed E-state index contributed by atoms with van der Waals surface area (Å²) in [6.45, 7) is 3.49. The minimum Gasteiger partial charge on any atom is -0.480 e. The molecule has 1 N–H and O–H groups in total. The fourth-order valence-corrected chi connectivity index (χ4v) is 1.31. The first-order valence-electron chi connectivity index (χ1n) is 3.88. The van der Waals surface area contributed by atoms with Crippen molar-refractivity contribution >= 4 is 24.1 Å². The van der Waals surface area contributed by atoms with Gasteiger partial charge in [-0.25, -0.2) is 0 Å². The maximum atomic E-state index is 10.4. The number of carboxylic acid groups (broad SMARTS) is 1. The standard InChI is InChI=1S/C8H12N2O3.ClH/c1-5-8(6(2)13-9-5)10(3)4-7(11)12;/h4H2,1-3H3,(H,11,12);1H. The monoisotopic (exact) mass is 220 g/mol. The molecule has 1 heterocycles. The molecule has 0 spiro atoms. The number of hydrogen-bond acceptors (Lipinski definition) is 4. The topological polar surface area (TPSA) is 66.6 Å². The first-order valence-corrected chi connectivity index (χ1v) is 3.88. The fraction of sp³-hybridized carbons (Fsp3) is 0.500. The molecule has 14 heavy (non-hydrogen) atoms. The third kappa shape index (κ3) is 2.63. The van der Waals surface area contributed by atoms with E-state index in [9.17, 15) is 4.79 Å². The predicted octanol–water partition coefficient (Wildman–Crippen LogP) is 1.23. The Morgan fingerprint density at radius 3 is 2.50 bits per heavy atom. The van der Waals surface area contributed by atoms with Crippen molar-refractivity contribution in [3.8, 4) is 0 Å². The van der Waals surface area contributed by atoms with Gasteiger partial charge in [0.1, 0.15) is 17.9 Å². The van der Waals surface area contributed by atoms with Gasteiger partial charge in [0.25, 0.3) is 0 Å². The van der Waals surface area contributed by atoms with Crippen molar-refractivity contribution in [2.45, 2.75) is 13.8 Å². The maximum absolute atomic E-state index is 10.4. The van der Waals surface area contributed by atoms with Gasteiger partial charge in [0, 0.05) is 7.05 Å². The first-order chi connectivity index (χ1) is 6.02. The van der Waals surface area contributed by atoms with Gasteiger partial charge in [0.2, 0.25) is 0 Å². The van der Waals surface area contributed by atoms with Crippen molar-refractivity contribution in [1.29, 1.82) is 0 Å². The van der Waals surface area contributed by atoms with Crippen molar-refractivity contribution < 1.29 is 14.4 Å². The molecule has 80 valence electrons. The van der Waals surface area contributed by atoms with Gasteiger partial charge in [0.05, 0.1) is 0 Å². The summed E-state index contributed by atoms with van der Waals surface area (Å²) in [5, 5.41) is 12.3. The molecule has 0 saturated carbocycles. The van der Waals surface area contributed by atoms with Crippen molar-refractivity contribution in [1.82, 2.24) is 5.16 Å². The van der Waals surface area contributed by atoms with Crippen LogP contribution in [0.4, 0.5) is 5.69 Å². The molecule has 0 aliphatic heterocycles. The predicted molar refractivity (Wildman–Crippen MR) is 54.1 cm³/mol. The number of halogens is 1. The molecule has 6 heteroatoms. The summed E-state index contributed by atoms with van der Waals surface area (Å²) < 4.78 is 4.91. The number of aliphatic carboxylic acids is 1. The number of carboxylic acids is 1. The van der Waals surface area contributed by atoms with Gasteiger partial charge >= 0.3 is 5.97 Å². The van der Waals surface area contributed by atoms with Crippen LogP contribution in [0.3, 0.4) is 0 Å². The summed E-state index contributed by atoms with van der Waals surface area (Å²) in [6, 6.07) is 0. The van der Waals surface area contributed by atoms with Gasteiger partial charge in [-0.15, -0.1) is 12.4 Å². The largest absolute Gasteiger partial charge is 0.480 e. The van der Waals surface area contributed by atoms with Gasteiger partial charge < -0.3 is 14.5 Å². The molecule has 0 amide bonds. The lowest BCUT2D eigenvalue weighted by molar-refractivity contribution is -0.135. The number of likely N-dealkylation sites (N-methyl/N-ethyl adjacent to an activating group) is 1. The van der Waals surface area contributed by atoms with Crippen LogP contribution in [0, 0.1) is 13.8 Å². The Kier molecular flexibility index (Phi) is 4.43. The van der Waals surface area contributed by atoms with E-state index in [2.05, 4.69) is 5.16 Å². The van der Waals surface area contributed by atoms with E-state index in [1.54, 1.807) is 25.8 Å². The molecule has 0 bridgehead atoms. The van der Waals surface area contributed by atoms with Crippen LogP contribution < -0.4 is 4.90 Å². The summed E-state index contributed by atoms with van der Waals surface area (Å²) >= 11 is 0. The quantitative estimate of drug-likeness (QED) is 0.830. The number of nitrogens with zero attached hydrogens (tertiary/aromatic N) is 2. The van der Waals surface area contributed by atoms with Crippen molar-refractivity contribution in [2.24, 2.45) is 0 Å². The molecule has 0 atom stereocenters. The molecule has 0 aliphatic rings. The summed E-state index contributed by atoms with van der Waals surface area (Å²) in [7, 11) is 1.70. The Morgan fingerprint density at radius 2 is 2.14 bits per heavy atom. The van der Waals surface area contributed by atoms with E-state index in [4.69, 9.17) is 9.63 Å². The molecule has 1 aromatic heterocycles. The summed E-state index contributed by atoms with van der Waals surface area (Å²) in [4.78, 5) is 12.0. The van der Waals surface area contributed by atoms with Gasteiger partial charge in [-0.05, 0) is 13.8 Å². The normalized spacial score (nSPS) is 9.36. The molecule has 0 aliphatic carbocycles. The Labute approximate surface area is 88.1 Å². The highest BCUT2D eigenvalue weighted by molar-refractivity contribution is 5.85. The second-order valence-corrected chi connectivity index (χ2v) is 2.92. The molecule has 0 fully saturated rings. The first kappa shape index (κ1) is 12.8. The average Bonchev–Trinajstić information content (AvgIpc) is 2.29. The maximum Gasteiger partial charge on any atom is 0.323 e. The Morgan fingerprint density at radius 1 is 1.57 bits per heavy atom. The number of hydrogen-bond donors (Lipinski definition) is 1. The minimum absolute atomic E-state index is 0. The number of aromatic nitrogens is 1. The van der Waals surface area contributed by atoms with Crippen molar-refractivity contribution in [3.05, 3.63) is 11.5 Å². The van der Waals surface area contributed by atoms with Gasteiger partial charge in [-0.2, -0.15) is 0 Å². The third-order valence-corrected chi connectivity index (χ3v) is 1.75. The van der Waals surface area contributed by atoms with Crippen LogP contribution in [0.5, 0.6) is 0 Å². The zero-order valence-corrected chi connectivity index (χ0v) is 9.09. The van der Waals surface area contributed by atoms with E-state index in [0.717, 1.165) is 5.69 Å². The number of carbonyl (C=O) groups is 1. The Bertz CT molecular complexity index is 305. The van der Waals surface area contributed by atoms with Crippen LogP contribution in [0.2, 0.25) is 0 Å². The third-order valence-electron chi connectivity index (χ3n) is 1.75. The Hall–Kier alpha value is -1.23. The second kappa shape index (κ2) is 4.85. The zero-order valence-electron chi connectivity index (χ0n) is 8.27. The lowest BCUT2D eigenvalue weighted by Crippen LogP contribution is -2.25. The molecule has 0 saturated heterocycles.